The second kappa shape index (κ2) is 16.0. The van der Waals surface area contributed by atoms with Crippen LogP contribution in [0, 0.1) is 0 Å². The summed E-state index contributed by atoms with van der Waals surface area (Å²) in [5, 5.41) is 0. The van der Waals surface area contributed by atoms with Crippen molar-refractivity contribution in [3.8, 4) is 0 Å². The zero-order chi connectivity index (χ0) is 20.5. The minimum Gasteiger partial charge on any atom is -0.205 e. The van der Waals surface area contributed by atoms with Gasteiger partial charge in [0, 0.05) is 18.6 Å². The lowest BCUT2D eigenvalue weighted by Crippen LogP contribution is -2.33. The van der Waals surface area contributed by atoms with Crippen molar-refractivity contribution in [2.45, 2.75) is 142 Å². The van der Waals surface area contributed by atoms with E-state index < -0.39 is 0 Å². The highest BCUT2D eigenvalue weighted by Gasteiger charge is 2.14. The fourth-order valence-corrected chi connectivity index (χ4v) is 3.95. The normalized spacial score (nSPS) is 11.9. The first-order valence-electron chi connectivity index (χ1n) is 12.5. The zero-order valence-electron chi connectivity index (χ0n) is 19.8. The molecule has 162 valence electrons. The standard InChI is InChI=1S/C27H50N/c1-5-6-7-8-9-10-11-12-13-14-15-16-17-18-19-20-23-28-24-21-26(22-25-28)27(2,3)4/h21-22,24-25H,5-20,23H2,1-4H3/q+1. The number of nitrogens with zero attached hydrogens (tertiary/aromatic N) is 1. The van der Waals surface area contributed by atoms with Crippen LogP contribution in [0.3, 0.4) is 0 Å². The smallest absolute Gasteiger partial charge is 0.169 e. The summed E-state index contributed by atoms with van der Waals surface area (Å²) in [6.45, 7) is 10.3. The summed E-state index contributed by atoms with van der Waals surface area (Å²) in [6.07, 6.45) is 27.5. The fraction of sp³-hybridized carbons (Fsp3) is 0.815. The van der Waals surface area contributed by atoms with E-state index >= 15 is 0 Å². The summed E-state index contributed by atoms with van der Waals surface area (Å²) in [5.41, 5.74) is 1.68. The van der Waals surface area contributed by atoms with Crippen LogP contribution in [-0.4, -0.2) is 0 Å². The Bertz CT molecular complexity index is 454. The van der Waals surface area contributed by atoms with Gasteiger partial charge in [0.15, 0.2) is 12.4 Å². The van der Waals surface area contributed by atoms with E-state index in [2.05, 4.69) is 56.8 Å². The van der Waals surface area contributed by atoms with E-state index in [4.69, 9.17) is 0 Å². The highest BCUT2D eigenvalue weighted by atomic mass is 14.9. The Kier molecular flexibility index (Phi) is 14.4. The van der Waals surface area contributed by atoms with Crippen molar-refractivity contribution in [2.24, 2.45) is 0 Å². The average Bonchev–Trinajstić information content (AvgIpc) is 2.67. The maximum atomic E-state index is 2.35. The molecule has 0 bridgehead atoms. The third-order valence-corrected chi connectivity index (χ3v) is 6.03. The Hall–Kier alpha value is -0.850. The third-order valence-electron chi connectivity index (χ3n) is 6.03. The molecule has 0 aliphatic rings. The SMILES string of the molecule is CCCCCCCCCCCCCCCCCC[n+]1ccc(C(C)(C)C)cc1. The molecule has 0 saturated heterocycles. The Morgan fingerprint density at radius 2 is 0.929 bits per heavy atom. The Morgan fingerprint density at radius 1 is 0.571 bits per heavy atom. The van der Waals surface area contributed by atoms with Crippen molar-refractivity contribution in [1.82, 2.24) is 0 Å². The molecule has 0 aliphatic heterocycles. The molecule has 0 saturated carbocycles. The van der Waals surface area contributed by atoms with Crippen LogP contribution in [0.15, 0.2) is 24.5 Å². The minimum atomic E-state index is 0.257. The Labute approximate surface area is 177 Å². The second-order valence-corrected chi connectivity index (χ2v) is 9.88. The molecule has 0 spiro atoms. The summed E-state index contributed by atoms with van der Waals surface area (Å²) in [7, 11) is 0. The lowest BCUT2D eigenvalue weighted by atomic mass is 9.88. The van der Waals surface area contributed by atoms with E-state index in [0.29, 0.717) is 0 Å². The molecule has 1 aromatic rings. The average molecular weight is 389 g/mol. The molecular formula is C27H50N+. The van der Waals surface area contributed by atoms with Gasteiger partial charge in [-0.2, -0.15) is 0 Å². The summed E-state index contributed by atoms with van der Waals surface area (Å²) in [6, 6.07) is 4.57. The van der Waals surface area contributed by atoms with Gasteiger partial charge in [-0.3, -0.25) is 0 Å². The van der Waals surface area contributed by atoms with Crippen molar-refractivity contribution in [3.63, 3.8) is 0 Å². The van der Waals surface area contributed by atoms with Gasteiger partial charge in [0.05, 0.1) is 0 Å². The van der Waals surface area contributed by atoms with Gasteiger partial charge in [-0.1, -0.05) is 118 Å². The van der Waals surface area contributed by atoms with Crippen molar-refractivity contribution >= 4 is 0 Å². The van der Waals surface area contributed by atoms with Gasteiger partial charge in [-0.15, -0.1) is 0 Å². The van der Waals surface area contributed by atoms with Gasteiger partial charge in [-0.25, -0.2) is 4.57 Å². The summed E-state index contributed by atoms with van der Waals surface area (Å²) in [5.74, 6) is 0. The molecule has 0 amide bonds. The maximum Gasteiger partial charge on any atom is 0.169 e. The zero-order valence-corrected chi connectivity index (χ0v) is 19.8. The first kappa shape index (κ1) is 25.2. The van der Waals surface area contributed by atoms with Crippen molar-refractivity contribution < 1.29 is 4.57 Å². The van der Waals surface area contributed by atoms with Crippen LogP contribution in [0.4, 0.5) is 0 Å². The van der Waals surface area contributed by atoms with Gasteiger partial charge in [-0.05, 0) is 17.4 Å². The highest BCUT2D eigenvalue weighted by Crippen LogP contribution is 2.20. The van der Waals surface area contributed by atoms with Crippen LogP contribution < -0.4 is 4.57 Å². The molecule has 1 heteroatoms. The number of aryl methyl sites for hydroxylation is 1. The van der Waals surface area contributed by atoms with Crippen LogP contribution in [0.5, 0.6) is 0 Å². The number of hydrogen-bond acceptors (Lipinski definition) is 0. The van der Waals surface area contributed by atoms with E-state index in [-0.39, 0.29) is 5.41 Å². The first-order chi connectivity index (χ1) is 13.5. The molecule has 0 N–H and O–H groups in total. The number of pyridine rings is 1. The van der Waals surface area contributed by atoms with Crippen LogP contribution in [0.1, 0.15) is 136 Å². The topological polar surface area (TPSA) is 3.88 Å². The van der Waals surface area contributed by atoms with E-state index in [1.165, 1.54) is 115 Å². The van der Waals surface area contributed by atoms with Crippen LogP contribution in [0.2, 0.25) is 0 Å². The summed E-state index contributed by atoms with van der Waals surface area (Å²) < 4.78 is 2.35. The van der Waals surface area contributed by atoms with Crippen LogP contribution in [0.25, 0.3) is 0 Å². The molecule has 0 unspecified atom stereocenters. The Morgan fingerprint density at radius 3 is 1.29 bits per heavy atom. The van der Waals surface area contributed by atoms with Crippen molar-refractivity contribution in [2.75, 3.05) is 0 Å². The predicted octanol–water partition coefficient (Wildman–Crippen LogP) is 8.53. The molecular weight excluding hydrogens is 338 g/mol. The molecule has 1 aromatic heterocycles. The lowest BCUT2D eigenvalue weighted by Gasteiger charge is -2.17. The summed E-state index contributed by atoms with van der Waals surface area (Å²) in [4.78, 5) is 0. The van der Waals surface area contributed by atoms with Gasteiger partial charge in [0.1, 0.15) is 6.54 Å². The minimum absolute atomic E-state index is 0.257. The van der Waals surface area contributed by atoms with E-state index in [9.17, 15) is 0 Å². The van der Waals surface area contributed by atoms with Crippen molar-refractivity contribution in [3.05, 3.63) is 30.1 Å². The van der Waals surface area contributed by atoms with Crippen LogP contribution >= 0.6 is 0 Å². The molecule has 0 aromatic carbocycles. The maximum absolute atomic E-state index is 2.35. The molecule has 0 atom stereocenters. The molecule has 0 aliphatic carbocycles. The number of unbranched alkanes of at least 4 members (excludes halogenated alkanes) is 15. The summed E-state index contributed by atoms with van der Waals surface area (Å²) >= 11 is 0. The molecule has 1 rings (SSSR count). The van der Waals surface area contributed by atoms with E-state index in [1.807, 2.05) is 0 Å². The van der Waals surface area contributed by atoms with Crippen LogP contribution in [-0.2, 0) is 12.0 Å². The third kappa shape index (κ3) is 13.3. The quantitative estimate of drug-likeness (QED) is 0.186. The number of rotatable bonds is 17. The molecule has 28 heavy (non-hydrogen) atoms. The Balaban J connectivity index is 1.84. The molecule has 0 fully saturated rings. The number of hydrogen-bond donors (Lipinski definition) is 0. The number of aromatic nitrogens is 1. The predicted molar refractivity (Wildman–Crippen MR) is 125 cm³/mol. The van der Waals surface area contributed by atoms with E-state index in [0.717, 1.165) is 0 Å². The van der Waals surface area contributed by atoms with Gasteiger partial charge in [0.2, 0.25) is 0 Å². The highest BCUT2D eigenvalue weighted by molar-refractivity contribution is 5.17. The molecule has 0 radical (unpaired) electrons. The fourth-order valence-electron chi connectivity index (χ4n) is 3.95. The second-order valence-electron chi connectivity index (χ2n) is 9.88. The monoisotopic (exact) mass is 388 g/mol. The lowest BCUT2D eigenvalue weighted by molar-refractivity contribution is -0.697. The van der Waals surface area contributed by atoms with Gasteiger partial charge >= 0.3 is 0 Å². The molecule has 1 heterocycles. The first-order valence-corrected chi connectivity index (χ1v) is 12.5. The van der Waals surface area contributed by atoms with Gasteiger partial charge < -0.3 is 0 Å². The van der Waals surface area contributed by atoms with Gasteiger partial charge in [0.25, 0.3) is 0 Å². The largest absolute Gasteiger partial charge is 0.205 e. The molecule has 1 nitrogen and oxygen atoms in total. The van der Waals surface area contributed by atoms with Crippen molar-refractivity contribution in [1.29, 1.82) is 0 Å². The van der Waals surface area contributed by atoms with E-state index in [1.54, 1.807) is 0 Å².